The lowest BCUT2D eigenvalue weighted by molar-refractivity contribution is 0.101. The van der Waals surface area contributed by atoms with Gasteiger partial charge in [-0.1, -0.05) is 12.7 Å². The molecule has 0 aromatic carbocycles. The van der Waals surface area contributed by atoms with Gasteiger partial charge in [-0.25, -0.2) is 4.98 Å². The van der Waals surface area contributed by atoms with E-state index in [1.165, 1.54) is 13.1 Å². The van der Waals surface area contributed by atoms with E-state index in [2.05, 4.69) is 11.6 Å². The number of carbonyl (C=O) groups is 1. The third kappa shape index (κ3) is 2.71. The molecular weight excluding hydrogens is 166 g/mol. The molecule has 0 bridgehead atoms. The van der Waals surface area contributed by atoms with Crippen molar-refractivity contribution in [3.8, 4) is 5.88 Å². The number of ketones is 1. The van der Waals surface area contributed by atoms with Crippen molar-refractivity contribution in [3.63, 3.8) is 0 Å². The molecule has 0 amide bonds. The van der Waals surface area contributed by atoms with Gasteiger partial charge in [-0.3, -0.25) is 4.79 Å². The molecule has 0 spiro atoms. The van der Waals surface area contributed by atoms with Crippen LogP contribution in [0.15, 0.2) is 31.0 Å². The van der Waals surface area contributed by atoms with Crippen LogP contribution < -0.4 is 4.74 Å². The second-order valence-electron chi connectivity index (χ2n) is 2.54. The first kappa shape index (κ1) is 9.45. The predicted octanol–water partition coefficient (Wildman–Crippen LogP) is 1.85. The fourth-order valence-electron chi connectivity index (χ4n) is 0.818. The van der Waals surface area contributed by atoms with Crippen LogP contribution in [0.25, 0.3) is 0 Å². The molecule has 68 valence electrons. The Labute approximate surface area is 77.1 Å². The zero-order valence-corrected chi connectivity index (χ0v) is 7.49. The summed E-state index contributed by atoms with van der Waals surface area (Å²) >= 11 is 0. The van der Waals surface area contributed by atoms with E-state index < -0.39 is 0 Å². The number of ether oxygens (including phenoxy) is 1. The van der Waals surface area contributed by atoms with E-state index in [1.54, 1.807) is 18.2 Å². The maximum Gasteiger partial charge on any atom is 0.213 e. The normalized spacial score (nSPS) is 9.31. The molecule has 0 fully saturated rings. The molecule has 0 radical (unpaired) electrons. The summed E-state index contributed by atoms with van der Waals surface area (Å²) in [6.45, 7) is 5.44. The molecule has 0 aliphatic heterocycles. The second-order valence-corrected chi connectivity index (χ2v) is 2.54. The Balaban J connectivity index is 2.69. The third-order valence-electron chi connectivity index (χ3n) is 1.49. The first-order valence-corrected chi connectivity index (χ1v) is 3.94. The Hall–Kier alpha value is -1.64. The van der Waals surface area contributed by atoms with Crippen LogP contribution in [0, 0.1) is 0 Å². The molecule has 3 heteroatoms. The van der Waals surface area contributed by atoms with Crippen LogP contribution in [0.3, 0.4) is 0 Å². The van der Waals surface area contributed by atoms with Gasteiger partial charge in [-0.15, -0.1) is 0 Å². The molecule has 1 aromatic rings. The maximum atomic E-state index is 10.9. The number of rotatable bonds is 4. The Morgan fingerprint density at radius 2 is 2.46 bits per heavy atom. The highest BCUT2D eigenvalue weighted by Gasteiger charge is 1.99. The minimum Gasteiger partial charge on any atom is -0.473 e. The summed E-state index contributed by atoms with van der Waals surface area (Å²) in [5.74, 6) is 0.507. The molecule has 0 unspecified atom stereocenters. The summed E-state index contributed by atoms with van der Waals surface area (Å²) < 4.78 is 5.15. The number of nitrogens with zero attached hydrogens (tertiary/aromatic N) is 1. The van der Waals surface area contributed by atoms with Gasteiger partial charge in [0.15, 0.2) is 5.78 Å². The lowest BCUT2D eigenvalue weighted by atomic mass is 10.2. The van der Waals surface area contributed by atoms with E-state index in [1.807, 2.05) is 0 Å². The summed E-state index contributed by atoms with van der Waals surface area (Å²) in [4.78, 5) is 14.8. The lowest BCUT2D eigenvalue weighted by Crippen LogP contribution is -1.97. The molecule has 0 N–H and O–H groups in total. The van der Waals surface area contributed by atoms with Crippen LogP contribution in [0.4, 0.5) is 0 Å². The fourth-order valence-corrected chi connectivity index (χ4v) is 0.818. The number of hydrogen-bond acceptors (Lipinski definition) is 3. The number of pyridine rings is 1. The number of hydrogen-bond donors (Lipinski definition) is 0. The van der Waals surface area contributed by atoms with Crippen LogP contribution in [0.2, 0.25) is 0 Å². The van der Waals surface area contributed by atoms with Crippen molar-refractivity contribution in [2.45, 2.75) is 6.92 Å². The van der Waals surface area contributed by atoms with Gasteiger partial charge >= 0.3 is 0 Å². The molecule has 0 atom stereocenters. The molecule has 3 nitrogen and oxygen atoms in total. The fraction of sp³-hybridized carbons (Fsp3) is 0.200. The van der Waals surface area contributed by atoms with Crippen molar-refractivity contribution >= 4 is 5.78 Å². The number of Topliss-reactive ketones (excluding diaryl/α,β-unsaturated/α-hetero) is 1. The van der Waals surface area contributed by atoms with Crippen LogP contribution in [0.5, 0.6) is 5.88 Å². The molecule has 1 rings (SSSR count). The minimum absolute atomic E-state index is 0.00257. The summed E-state index contributed by atoms with van der Waals surface area (Å²) in [5.41, 5.74) is 0.589. The lowest BCUT2D eigenvalue weighted by Gasteiger charge is -2.01. The van der Waals surface area contributed by atoms with Gasteiger partial charge in [0, 0.05) is 17.8 Å². The zero-order valence-electron chi connectivity index (χ0n) is 7.49. The first-order valence-electron chi connectivity index (χ1n) is 3.94. The SMILES string of the molecule is C=CCOc1ccc(C(C)=O)cn1. The minimum atomic E-state index is 0.00257. The molecule has 13 heavy (non-hydrogen) atoms. The van der Waals surface area contributed by atoms with Crippen molar-refractivity contribution in [2.75, 3.05) is 6.61 Å². The Bertz CT molecular complexity index is 303. The zero-order chi connectivity index (χ0) is 9.68. The molecule has 0 saturated heterocycles. The van der Waals surface area contributed by atoms with Crippen LogP contribution in [0.1, 0.15) is 17.3 Å². The maximum absolute atomic E-state index is 10.9. The molecule has 1 heterocycles. The monoisotopic (exact) mass is 177 g/mol. The van der Waals surface area contributed by atoms with Crippen LogP contribution in [-0.2, 0) is 0 Å². The van der Waals surface area contributed by atoms with Crippen molar-refractivity contribution in [2.24, 2.45) is 0 Å². The highest BCUT2D eigenvalue weighted by molar-refractivity contribution is 5.93. The molecule has 0 aliphatic rings. The van der Waals surface area contributed by atoms with Gasteiger partial charge in [0.25, 0.3) is 0 Å². The number of carbonyl (C=O) groups excluding carboxylic acids is 1. The summed E-state index contributed by atoms with van der Waals surface area (Å²) in [6, 6.07) is 3.36. The average Bonchev–Trinajstić information content (AvgIpc) is 2.15. The quantitative estimate of drug-likeness (QED) is 0.520. The largest absolute Gasteiger partial charge is 0.473 e. The van der Waals surface area contributed by atoms with E-state index in [0.717, 1.165) is 0 Å². The summed E-state index contributed by atoms with van der Waals surface area (Å²) in [6.07, 6.45) is 3.14. The first-order chi connectivity index (χ1) is 6.24. The highest BCUT2D eigenvalue weighted by atomic mass is 16.5. The molecule has 0 saturated carbocycles. The van der Waals surface area contributed by atoms with Gasteiger partial charge in [0.05, 0.1) is 0 Å². The van der Waals surface area contributed by atoms with E-state index in [0.29, 0.717) is 18.1 Å². The van der Waals surface area contributed by atoms with Crippen LogP contribution in [-0.4, -0.2) is 17.4 Å². The van der Waals surface area contributed by atoms with Gasteiger partial charge in [-0.05, 0) is 13.0 Å². The second kappa shape index (κ2) is 4.40. The van der Waals surface area contributed by atoms with Gasteiger partial charge in [-0.2, -0.15) is 0 Å². The average molecular weight is 177 g/mol. The van der Waals surface area contributed by atoms with Crippen LogP contribution >= 0.6 is 0 Å². The van der Waals surface area contributed by atoms with E-state index in [4.69, 9.17) is 4.74 Å². The van der Waals surface area contributed by atoms with Gasteiger partial charge in [0.2, 0.25) is 5.88 Å². The van der Waals surface area contributed by atoms with Crippen molar-refractivity contribution in [1.29, 1.82) is 0 Å². The Morgan fingerprint density at radius 1 is 1.69 bits per heavy atom. The third-order valence-corrected chi connectivity index (χ3v) is 1.49. The van der Waals surface area contributed by atoms with Gasteiger partial charge in [0.1, 0.15) is 6.61 Å². The van der Waals surface area contributed by atoms with Crippen molar-refractivity contribution in [3.05, 3.63) is 36.5 Å². The van der Waals surface area contributed by atoms with Crippen molar-refractivity contribution < 1.29 is 9.53 Å². The molecular formula is C10H11NO2. The predicted molar refractivity (Wildman–Crippen MR) is 49.9 cm³/mol. The topological polar surface area (TPSA) is 39.2 Å². The number of aromatic nitrogens is 1. The Kier molecular flexibility index (Phi) is 3.20. The molecule has 0 aliphatic carbocycles. The van der Waals surface area contributed by atoms with E-state index in [-0.39, 0.29) is 5.78 Å². The van der Waals surface area contributed by atoms with Crippen molar-refractivity contribution in [1.82, 2.24) is 4.98 Å². The standard InChI is InChI=1S/C10H11NO2/c1-3-6-13-10-5-4-9(7-11-10)8(2)12/h3-5,7H,1,6H2,2H3. The smallest absolute Gasteiger partial charge is 0.213 e. The summed E-state index contributed by atoms with van der Waals surface area (Å²) in [5, 5.41) is 0. The summed E-state index contributed by atoms with van der Waals surface area (Å²) in [7, 11) is 0. The Morgan fingerprint density at radius 3 is 2.92 bits per heavy atom. The molecule has 1 aromatic heterocycles. The van der Waals surface area contributed by atoms with Gasteiger partial charge < -0.3 is 4.74 Å². The van der Waals surface area contributed by atoms with E-state index >= 15 is 0 Å². The van der Waals surface area contributed by atoms with E-state index in [9.17, 15) is 4.79 Å². The highest BCUT2D eigenvalue weighted by Crippen LogP contribution is 2.07.